The molecule has 4 heteroatoms. The topological polar surface area (TPSA) is 69.6 Å². The number of hydrogen-bond donors (Lipinski definition) is 3. The van der Waals surface area contributed by atoms with E-state index in [4.69, 9.17) is 0 Å². The molecule has 0 aromatic heterocycles. The largest absolute Gasteiger partial charge is 0.390 e. The highest BCUT2D eigenvalue weighted by Crippen LogP contribution is 2.26. The minimum Gasteiger partial charge on any atom is -0.390 e. The van der Waals surface area contributed by atoms with E-state index in [1.54, 1.807) is 6.08 Å². The van der Waals surface area contributed by atoms with Crippen molar-refractivity contribution in [1.82, 2.24) is 0 Å². The number of aliphatic hydroxyl groups is 2. The van der Waals surface area contributed by atoms with Crippen LogP contribution in [0.5, 0.6) is 0 Å². The van der Waals surface area contributed by atoms with Gasteiger partial charge in [0.15, 0.2) is 0 Å². The lowest BCUT2D eigenvalue weighted by Gasteiger charge is -2.03. The van der Waals surface area contributed by atoms with Crippen LogP contribution in [0.4, 0.5) is 5.69 Å². The fraction of sp³-hybridized carbons (Fsp3) is 0.400. The number of anilines is 1. The van der Waals surface area contributed by atoms with Gasteiger partial charge in [-0.1, -0.05) is 23.8 Å². The molecule has 4 nitrogen and oxygen atoms in total. The molecule has 0 saturated heterocycles. The predicted octanol–water partition coefficient (Wildman–Crippen LogP) is 1.62. The highest BCUT2D eigenvalue weighted by molar-refractivity contribution is 5.99. The van der Waals surface area contributed by atoms with Crippen molar-refractivity contribution in [3.63, 3.8) is 0 Å². The zero-order valence-corrected chi connectivity index (χ0v) is 10.9. The monoisotopic (exact) mass is 261 g/mol. The molecule has 1 amide bonds. The quantitative estimate of drug-likeness (QED) is 0.724. The van der Waals surface area contributed by atoms with E-state index in [9.17, 15) is 15.0 Å². The molecule has 0 aliphatic heterocycles. The second kappa shape index (κ2) is 5.99. The summed E-state index contributed by atoms with van der Waals surface area (Å²) in [6.45, 7) is 1.99. The number of allylic oxidation sites excluding steroid dienone is 1. The van der Waals surface area contributed by atoms with Gasteiger partial charge in [-0.05, 0) is 43.9 Å². The summed E-state index contributed by atoms with van der Waals surface area (Å²) in [5.74, 6) is -0.131. The number of carbonyl (C=O) groups is 1. The summed E-state index contributed by atoms with van der Waals surface area (Å²) in [6, 6.07) is 7.57. The molecule has 1 aliphatic rings. The highest BCUT2D eigenvalue weighted by Gasteiger charge is 2.29. The molecule has 1 aliphatic carbocycles. The van der Waals surface area contributed by atoms with E-state index in [-0.39, 0.29) is 11.8 Å². The number of carbonyl (C=O) groups excluding carboxylic acids is 1. The Kier molecular flexibility index (Phi) is 4.35. The van der Waals surface area contributed by atoms with Crippen LogP contribution in [0.3, 0.4) is 0 Å². The molecule has 0 radical (unpaired) electrons. The first-order valence-corrected chi connectivity index (χ1v) is 6.46. The van der Waals surface area contributed by atoms with Gasteiger partial charge in [0.25, 0.3) is 0 Å². The van der Waals surface area contributed by atoms with Crippen molar-refractivity contribution >= 4 is 11.6 Å². The Hall–Kier alpha value is -1.65. The van der Waals surface area contributed by atoms with Crippen LogP contribution in [0.15, 0.2) is 36.4 Å². The lowest BCUT2D eigenvalue weighted by molar-refractivity contribution is -0.111. The SMILES string of the molecule is Cc1ccc(NC(=O)/C=C/C2C[C@@H](O)[C@@H](O)C2)cc1. The molecular weight excluding hydrogens is 242 g/mol. The smallest absolute Gasteiger partial charge is 0.248 e. The summed E-state index contributed by atoms with van der Waals surface area (Å²) >= 11 is 0. The molecule has 102 valence electrons. The van der Waals surface area contributed by atoms with Gasteiger partial charge in [-0.3, -0.25) is 4.79 Å². The lowest BCUT2D eigenvalue weighted by Crippen LogP contribution is -2.17. The summed E-state index contributed by atoms with van der Waals surface area (Å²) in [5, 5.41) is 21.6. The van der Waals surface area contributed by atoms with Gasteiger partial charge in [0.1, 0.15) is 0 Å². The summed E-state index contributed by atoms with van der Waals surface area (Å²) < 4.78 is 0. The number of aryl methyl sites for hydroxylation is 1. The maximum atomic E-state index is 11.7. The van der Waals surface area contributed by atoms with Gasteiger partial charge in [-0.15, -0.1) is 0 Å². The molecule has 3 atom stereocenters. The first kappa shape index (κ1) is 13.8. The van der Waals surface area contributed by atoms with Crippen molar-refractivity contribution in [2.75, 3.05) is 5.32 Å². The Morgan fingerprint density at radius 3 is 2.37 bits per heavy atom. The first-order chi connectivity index (χ1) is 9.04. The third kappa shape index (κ3) is 3.91. The maximum Gasteiger partial charge on any atom is 0.248 e. The van der Waals surface area contributed by atoms with Crippen LogP contribution < -0.4 is 5.32 Å². The fourth-order valence-electron chi connectivity index (χ4n) is 2.23. The molecule has 0 heterocycles. The standard InChI is InChI=1S/C15H19NO3/c1-10-2-5-12(6-3-10)16-15(19)7-4-11-8-13(17)14(18)9-11/h2-7,11,13-14,17-18H,8-9H2,1H3,(H,16,19)/b7-4+/t11?,13-,14+. The number of benzene rings is 1. The van der Waals surface area contributed by atoms with E-state index in [1.807, 2.05) is 31.2 Å². The van der Waals surface area contributed by atoms with Gasteiger partial charge < -0.3 is 15.5 Å². The van der Waals surface area contributed by atoms with E-state index < -0.39 is 12.2 Å². The van der Waals surface area contributed by atoms with Gasteiger partial charge in [-0.2, -0.15) is 0 Å². The van der Waals surface area contributed by atoms with Gasteiger partial charge >= 0.3 is 0 Å². The van der Waals surface area contributed by atoms with E-state index in [2.05, 4.69) is 5.32 Å². The first-order valence-electron chi connectivity index (χ1n) is 6.46. The second-order valence-electron chi connectivity index (χ2n) is 5.08. The van der Waals surface area contributed by atoms with Crippen LogP contribution in [-0.4, -0.2) is 28.3 Å². The molecule has 1 saturated carbocycles. The summed E-state index contributed by atoms with van der Waals surface area (Å²) in [6.07, 6.45) is 2.90. The number of aliphatic hydroxyl groups excluding tert-OH is 2. The van der Waals surface area contributed by atoms with Gasteiger partial charge in [-0.25, -0.2) is 0 Å². The lowest BCUT2D eigenvalue weighted by atomic mass is 10.1. The Morgan fingerprint density at radius 1 is 1.21 bits per heavy atom. The van der Waals surface area contributed by atoms with Gasteiger partial charge in [0.2, 0.25) is 5.91 Å². The number of amides is 1. The van der Waals surface area contributed by atoms with E-state index in [0.717, 1.165) is 11.3 Å². The van der Waals surface area contributed by atoms with Crippen LogP contribution in [0.2, 0.25) is 0 Å². The van der Waals surface area contributed by atoms with Crippen molar-refractivity contribution < 1.29 is 15.0 Å². The van der Waals surface area contributed by atoms with Crippen LogP contribution >= 0.6 is 0 Å². The molecule has 1 unspecified atom stereocenters. The Bertz CT molecular complexity index is 457. The zero-order valence-electron chi connectivity index (χ0n) is 10.9. The minimum atomic E-state index is -0.671. The normalized spacial score (nSPS) is 26.8. The number of rotatable bonds is 3. The maximum absolute atomic E-state index is 11.7. The highest BCUT2D eigenvalue weighted by atomic mass is 16.3. The van der Waals surface area contributed by atoms with Crippen LogP contribution in [0.1, 0.15) is 18.4 Å². The Morgan fingerprint density at radius 2 is 1.79 bits per heavy atom. The molecular formula is C15H19NO3. The molecule has 0 bridgehead atoms. The number of nitrogens with one attached hydrogen (secondary N) is 1. The molecule has 0 spiro atoms. The summed E-state index contributed by atoms with van der Waals surface area (Å²) in [5.41, 5.74) is 1.90. The molecule has 3 N–H and O–H groups in total. The second-order valence-corrected chi connectivity index (χ2v) is 5.08. The van der Waals surface area contributed by atoms with Crippen LogP contribution in [0, 0.1) is 12.8 Å². The van der Waals surface area contributed by atoms with Crippen molar-refractivity contribution in [3.8, 4) is 0 Å². The van der Waals surface area contributed by atoms with E-state index >= 15 is 0 Å². The zero-order chi connectivity index (χ0) is 13.8. The molecule has 2 rings (SSSR count). The van der Waals surface area contributed by atoms with Gasteiger partial charge in [0.05, 0.1) is 12.2 Å². The van der Waals surface area contributed by atoms with Crippen molar-refractivity contribution in [2.45, 2.75) is 32.0 Å². The summed E-state index contributed by atoms with van der Waals surface area (Å²) in [4.78, 5) is 11.7. The predicted molar refractivity (Wildman–Crippen MR) is 73.7 cm³/mol. The minimum absolute atomic E-state index is 0.0637. The van der Waals surface area contributed by atoms with Crippen molar-refractivity contribution in [2.24, 2.45) is 5.92 Å². The Labute approximate surface area is 112 Å². The average Bonchev–Trinajstić information content (AvgIpc) is 2.69. The average molecular weight is 261 g/mol. The molecule has 1 fully saturated rings. The van der Waals surface area contributed by atoms with E-state index in [1.165, 1.54) is 6.08 Å². The van der Waals surface area contributed by atoms with E-state index in [0.29, 0.717) is 12.8 Å². The Balaban J connectivity index is 1.86. The molecule has 19 heavy (non-hydrogen) atoms. The van der Waals surface area contributed by atoms with Crippen LogP contribution in [-0.2, 0) is 4.79 Å². The van der Waals surface area contributed by atoms with Crippen LogP contribution in [0.25, 0.3) is 0 Å². The third-order valence-electron chi connectivity index (χ3n) is 3.37. The molecule has 1 aromatic rings. The number of hydrogen-bond acceptors (Lipinski definition) is 3. The third-order valence-corrected chi connectivity index (χ3v) is 3.37. The fourth-order valence-corrected chi connectivity index (χ4v) is 2.23. The molecule has 1 aromatic carbocycles. The van der Waals surface area contributed by atoms with Crippen molar-refractivity contribution in [1.29, 1.82) is 0 Å². The van der Waals surface area contributed by atoms with Crippen molar-refractivity contribution in [3.05, 3.63) is 42.0 Å². The summed E-state index contributed by atoms with van der Waals surface area (Å²) in [7, 11) is 0. The van der Waals surface area contributed by atoms with Gasteiger partial charge in [0, 0.05) is 5.69 Å².